The van der Waals surface area contributed by atoms with E-state index >= 15 is 0 Å². The highest BCUT2D eigenvalue weighted by Gasteiger charge is 2.24. The molecular formula is C13H14N2S2. The van der Waals surface area contributed by atoms with E-state index in [1.807, 2.05) is 19.2 Å². The van der Waals surface area contributed by atoms with Crippen LogP contribution in [0.4, 0.5) is 0 Å². The van der Waals surface area contributed by atoms with Gasteiger partial charge in [0.1, 0.15) is 10.4 Å². The van der Waals surface area contributed by atoms with Crippen LogP contribution in [-0.2, 0) is 11.8 Å². The Morgan fingerprint density at radius 1 is 1.41 bits per heavy atom. The largest absolute Gasteiger partial charge is 0.239 e. The van der Waals surface area contributed by atoms with Crippen LogP contribution in [0.5, 0.6) is 0 Å². The van der Waals surface area contributed by atoms with Gasteiger partial charge in [-0.15, -0.1) is 22.7 Å². The number of hydrogen-bond acceptors (Lipinski definition) is 4. The van der Waals surface area contributed by atoms with E-state index in [4.69, 9.17) is 5.26 Å². The molecule has 0 saturated heterocycles. The van der Waals surface area contributed by atoms with Crippen LogP contribution in [0.1, 0.15) is 30.7 Å². The van der Waals surface area contributed by atoms with Gasteiger partial charge in [-0.2, -0.15) is 5.26 Å². The molecule has 17 heavy (non-hydrogen) atoms. The summed E-state index contributed by atoms with van der Waals surface area (Å²) in [5, 5.41) is 12.0. The Balaban J connectivity index is 2.33. The number of aryl methyl sites for hydroxylation is 1. The Labute approximate surface area is 110 Å². The molecule has 0 unspecified atom stereocenters. The van der Waals surface area contributed by atoms with E-state index < -0.39 is 5.41 Å². The molecule has 0 bridgehead atoms. The fraction of sp³-hybridized carbons (Fsp3) is 0.385. The van der Waals surface area contributed by atoms with Gasteiger partial charge < -0.3 is 0 Å². The first-order chi connectivity index (χ1) is 8.06. The van der Waals surface area contributed by atoms with Gasteiger partial charge in [0, 0.05) is 10.3 Å². The number of rotatable bonds is 3. The molecule has 2 rings (SSSR count). The Morgan fingerprint density at radius 2 is 2.18 bits per heavy atom. The third kappa shape index (κ3) is 2.41. The van der Waals surface area contributed by atoms with Crippen LogP contribution in [0.3, 0.4) is 0 Å². The van der Waals surface area contributed by atoms with Crippen molar-refractivity contribution in [3.05, 3.63) is 27.4 Å². The van der Waals surface area contributed by atoms with Crippen molar-refractivity contribution < 1.29 is 0 Å². The third-order valence-electron chi connectivity index (χ3n) is 2.58. The second kappa shape index (κ2) is 4.59. The molecule has 4 heteroatoms. The lowest BCUT2D eigenvalue weighted by Gasteiger charge is -2.09. The lowest BCUT2D eigenvalue weighted by Crippen LogP contribution is -2.13. The average molecular weight is 262 g/mol. The minimum Gasteiger partial charge on any atom is -0.239 e. The molecule has 0 radical (unpaired) electrons. The van der Waals surface area contributed by atoms with Crippen molar-refractivity contribution in [2.75, 3.05) is 0 Å². The summed E-state index contributed by atoms with van der Waals surface area (Å²) in [4.78, 5) is 7.14. The predicted octanol–water partition coefficient (Wildman–Crippen LogP) is 4.24. The predicted molar refractivity (Wildman–Crippen MR) is 73.4 cm³/mol. The Bertz CT molecular complexity index is 558. The monoisotopic (exact) mass is 262 g/mol. The van der Waals surface area contributed by atoms with Crippen LogP contribution >= 0.6 is 22.7 Å². The van der Waals surface area contributed by atoms with E-state index in [1.165, 1.54) is 9.75 Å². The zero-order valence-corrected chi connectivity index (χ0v) is 11.8. The van der Waals surface area contributed by atoms with E-state index in [9.17, 15) is 0 Å². The van der Waals surface area contributed by atoms with Crippen LogP contribution in [0, 0.1) is 11.3 Å². The molecule has 0 spiro atoms. The van der Waals surface area contributed by atoms with Gasteiger partial charge in [0.2, 0.25) is 0 Å². The summed E-state index contributed by atoms with van der Waals surface area (Å²) in [6.07, 6.45) is 1.06. The number of thiazole rings is 1. The molecule has 88 valence electrons. The van der Waals surface area contributed by atoms with Crippen molar-refractivity contribution in [3.63, 3.8) is 0 Å². The Morgan fingerprint density at radius 3 is 2.76 bits per heavy atom. The fourth-order valence-corrected chi connectivity index (χ4v) is 3.30. The quantitative estimate of drug-likeness (QED) is 0.829. The van der Waals surface area contributed by atoms with Crippen LogP contribution in [0.25, 0.3) is 10.6 Å². The van der Waals surface area contributed by atoms with Gasteiger partial charge in [0.25, 0.3) is 0 Å². The van der Waals surface area contributed by atoms with E-state index in [2.05, 4.69) is 30.1 Å². The number of nitriles is 1. The normalized spacial score (nSPS) is 11.4. The number of hydrogen-bond donors (Lipinski definition) is 0. The molecule has 2 aromatic heterocycles. The lowest BCUT2D eigenvalue weighted by molar-refractivity contribution is 0.680. The Hall–Kier alpha value is -1.18. The molecule has 0 saturated carbocycles. The van der Waals surface area contributed by atoms with Crippen LogP contribution in [0.2, 0.25) is 0 Å². The van der Waals surface area contributed by atoms with Crippen LogP contribution in [0.15, 0.2) is 17.5 Å². The number of aromatic nitrogens is 1. The molecule has 0 atom stereocenters. The van der Waals surface area contributed by atoms with Crippen molar-refractivity contribution in [1.29, 1.82) is 5.26 Å². The zero-order valence-electron chi connectivity index (χ0n) is 10.2. The third-order valence-corrected chi connectivity index (χ3v) is 5.00. The highest BCUT2D eigenvalue weighted by atomic mass is 32.1. The molecule has 0 aliphatic heterocycles. The van der Waals surface area contributed by atoms with Gasteiger partial charge in [0.05, 0.1) is 16.6 Å². The molecule has 0 fully saturated rings. The van der Waals surface area contributed by atoms with Gasteiger partial charge in [0.15, 0.2) is 0 Å². The lowest BCUT2D eigenvalue weighted by atomic mass is 9.97. The molecule has 0 amide bonds. The summed E-state index contributed by atoms with van der Waals surface area (Å²) in [5.41, 5.74) is 0.506. The smallest absolute Gasteiger partial charge is 0.113 e. The van der Waals surface area contributed by atoms with Crippen molar-refractivity contribution in [1.82, 2.24) is 4.98 Å². The molecule has 0 aliphatic carbocycles. The average Bonchev–Trinajstić information content (AvgIpc) is 2.97. The van der Waals surface area contributed by atoms with E-state index in [-0.39, 0.29) is 0 Å². The summed E-state index contributed by atoms with van der Waals surface area (Å²) in [6.45, 7) is 5.96. The summed E-state index contributed by atoms with van der Waals surface area (Å²) in [7, 11) is 0. The fourth-order valence-electron chi connectivity index (χ4n) is 1.43. The van der Waals surface area contributed by atoms with E-state index in [1.54, 1.807) is 22.7 Å². The minimum atomic E-state index is -0.492. The van der Waals surface area contributed by atoms with Gasteiger partial charge in [-0.1, -0.05) is 6.92 Å². The summed E-state index contributed by atoms with van der Waals surface area (Å²) >= 11 is 3.34. The molecule has 2 aromatic rings. The van der Waals surface area contributed by atoms with Crippen LogP contribution < -0.4 is 0 Å². The van der Waals surface area contributed by atoms with Crippen LogP contribution in [-0.4, -0.2) is 4.98 Å². The molecular weight excluding hydrogens is 248 g/mol. The van der Waals surface area contributed by atoms with Gasteiger partial charge in [-0.3, -0.25) is 0 Å². The maximum absolute atomic E-state index is 9.09. The number of nitrogens with zero attached hydrogens (tertiary/aromatic N) is 2. The Kier molecular flexibility index (Phi) is 3.32. The van der Waals surface area contributed by atoms with Gasteiger partial charge in [-0.05, 0) is 32.4 Å². The second-order valence-electron chi connectivity index (χ2n) is 4.39. The summed E-state index contributed by atoms with van der Waals surface area (Å²) < 4.78 is 0. The maximum Gasteiger partial charge on any atom is 0.113 e. The zero-order chi connectivity index (χ0) is 12.5. The van der Waals surface area contributed by atoms with Gasteiger partial charge in [-0.25, -0.2) is 4.98 Å². The first kappa shape index (κ1) is 12.3. The highest BCUT2D eigenvalue weighted by molar-refractivity contribution is 7.16. The minimum absolute atomic E-state index is 0.492. The first-order valence-corrected chi connectivity index (χ1v) is 7.23. The summed E-state index contributed by atoms with van der Waals surface area (Å²) in [6, 6.07) is 6.55. The standard InChI is InChI=1S/C13H14N2S2/c1-4-9-5-6-11(17-9)10-7-16-12(15-10)13(2,3)8-14/h5-7H,4H2,1-3H3. The van der Waals surface area contributed by atoms with E-state index in [0.717, 1.165) is 17.1 Å². The second-order valence-corrected chi connectivity index (χ2v) is 6.42. The van der Waals surface area contributed by atoms with Crippen molar-refractivity contribution in [3.8, 4) is 16.6 Å². The SMILES string of the molecule is CCc1ccc(-c2csc(C(C)(C)C#N)n2)s1. The molecule has 2 nitrogen and oxygen atoms in total. The molecule has 0 N–H and O–H groups in total. The number of thiophene rings is 1. The topological polar surface area (TPSA) is 36.7 Å². The van der Waals surface area contributed by atoms with E-state index in [0.29, 0.717) is 0 Å². The van der Waals surface area contributed by atoms with Crippen molar-refractivity contribution >= 4 is 22.7 Å². The molecule has 0 aliphatic rings. The highest BCUT2D eigenvalue weighted by Crippen LogP contribution is 2.33. The molecule has 2 heterocycles. The molecule has 0 aromatic carbocycles. The summed E-state index contributed by atoms with van der Waals surface area (Å²) in [5.74, 6) is 0. The van der Waals surface area contributed by atoms with Gasteiger partial charge >= 0.3 is 0 Å². The van der Waals surface area contributed by atoms with Crippen molar-refractivity contribution in [2.45, 2.75) is 32.6 Å². The maximum atomic E-state index is 9.09. The first-order valence-electron chi connectivity index (χ1n) is 5.53. The van der Waals surface area contributed by atoms with Crippen molar-refractivity contribution in [2.24, 2.45) is 0 Å².